The summed E-state index contributed by atoms with van der Waals surface area (Å²) in [5.74, 6) is -0.00135. The standard InChI is InChI=1S/C18H27N5O2/c1-11(19)9-13-10-14(22-15(13)20)16(24)21-12(2)17(25)23-7-5-18(3-4-18)6-8-23/h9-10,12,22H,3-8,19-20H2,1-2H3,(H,21,24)/b11-9-. The SMILES string of the molecule is C/C(N)=C/c1cc(C(=O)NC(C)C(=O)N2CCC3(CC2)CC3)[nH]c1N. The Morgan fingerprint density at radius 3 is 2.52 bits per heavy atom. The van der Waals surface area contributed by atoms with Crippen LogP contribution in [0, 0.1) is 5.41 Å². The number of nitrogens with zero attached hydrogens (tertiary/aromatic N) is 1. The second-order valence-corrected chi connectivity index (χ2v) is 7.46. The second kappa shape index (κ2) is 6.46. The molecule has 0 bridgehead atoms. The lowest BCUT2D eigenvalue weighted by atomic mass is 9.93. The van der Waals surface area contributed by atoms with E-state index in [9.17, 15) is 9.59 Å². The summed E-state index contributed by atoms with van der Waals surface area (Å²) in [7, 11) is 0. The van der Waals surface area contributed by atoms with Crippen molar-refractivity contribution < 1.29 is 9.59 Å². The number of hydrogen-bond acceptors (Lipinski definition) is 4. The number of anilines is 1. The zero-order chi connectivity index (χ0) is 18.2. The highest BCUT2D eigenvalue weighted by molar-refractivity contribution is 5.97. The number of aromatic nitrogens is 1. The van der Waals surface area contributed by atoms with Crippen molar-refractivity contribution in [2.45, 2.75) is 45.6 Å². The van der Waals surface area contributed by atoms with E-state index in [-0.39, 0.29) is 11.8 Å². The monoisotopic (exact) mass is 345 g/mol. The number of nitrogens with two attached hydrogens (primary N) is 2. The molecule has 1 saturated heterocycles. The van der Waals surface area contributed by atoms with E-state index in [1.807, 2.05) is 4.90 Å². The van der Waals surface area contributed by atoms with Crippen molar-refractivity contribution in [1.29, 1.82) is 0 Å². The first-order valence-electron chi connectivity index (χ1n) is 8.82. The van der Waals surface area contributed by atoms with Gasteiger partial charge in [0.05, 0.1) is 0 Å². The molecule has 1 aromatic rings. The van der Waals surface area contributed by atoms with Gasteiger partial charge in [-0.2, -0.15) is 0 Å². The summed E-state index contributed by atoms with van der Waals surface area (Å²) in [4.78, 5) is 29.6. The molecule has 1 atom stereocenters. The van der Waals surface area contributed by atoms with E-state index in [2.05, 4.69) is 10.3 Å². The maximum Gasteiger partial charge on any atom is 0.268 e. The molecule has 25 heavy (non-hydrogen) atoms. The number of allylic oxidation sites excluding steroid dienone is 1. The lowest BCUT2D eigenvalue weighted by molar-refractivity contribution is -0.134. The molecule has 1 aliphatic heterocycles. The average Bonchev–Trinajstić information content (AvgIpc) is 3.21. The number of aromatic amines is 1. The molecule has 2 amide bonds. The van der Waals surface area contributed by atoms with Crippen LogP contribution in [0.5, 0.6) is 0 Å². The number of H-pyrrole nitrogens is 1. The lowest BCUT2D eigenvalue weighted by Crippen LogP contribution is -2.49. The van der Waals surface area contributed by atoms with Gasteiger partial charge < -0.3 is 26.7 Å². The van der Waals surface area contributed by atoms with Crippen LogP contribution >= 0.6 is 0 Å². The van der Waals surface area contributed by atoms with Gasteiger partial charge in [-0.15, -0.1) is 0 Å². The number of rotatable bonds is 4. The molecule has 0 aromatic carbocycles. The number of hydrogen-bond donors (Lipinski definition) is 4. The lowest BCUT2D eigenvalue weighted by Gasteiger charge is -2.33. The van der Waals surface area contributed by atoms with Crippen LogP contribution in [-0.2, 0) is 4.79 Å². The molecule has 1 spiro atoms. The number of amides is 2. The molecule has 1 unspecified atom stereocenters. The van der Waals surface area contributed by atoms with Crippen LogP contribution in [0.25, 0.3) is 6.08 Å². The third kappa shape index (κ3) is 3.81. The molecule has 1 saturated carbocycles. The van der Waals surface area contributed by atoms with Gasteiger partial charge >= 0.3 is 0 Å². The third-order valence-corrected chi connectivity index (χ3v) is 5.32. The van der Waals surface area contributed by atoms with Gasteiger partial charge in [0.2, 0.25) is 5.91 Å². The zero-order valence-electron chi connectivity index (χ0n) is 14.9. The summed E-state index contributed by atoms with van der Waals surface area (Å²) in [6.07, 6.45) is 6.46. The van der Waals surface area contributed by atoms with Gasteiger partial charge in [-0.3, -0.25) is 9.59 Å². The summed E-state index contributed by atoms with van der Waals surface area (Å²) in [6.45, 7) is 5.05. The van der Waals surface area contributed by atoms with E-state index in [1.165, 1.54) is 12.8 Å². The molecule has 136 valence electrons. The first-order valence-corrected chi connectivity index (χ1v) is 8.82. The van der Waals surface area contributed by atoms with E-state index in [0.717, 1.165) is 25.9 Å². The zero-order valence-corrected chi connectivity index (χ0v) is 14.9. The van der Waals surface area contributed by atoms with E-state index in [0.29, 0.717) is 28.2 Å². The van der Waals surface area contributed by atoms with E-state index < -0.39 is 6.04 Å². The predicted molar refractivity (Wildman–Crippen MR) is 97.5 cm³/mol. The van der Waals surface area contributed by atoms with Crippen molar-refractivity contribution in [2.24, 2.45) is 11.1 Å². The van der Waals surface area contributed by atoms with Gasteiger partial charge in [0.15, 0.2) is 0 Å². The van der Waals surface area contributed by atoms with E-state index in [1.54, 1.807) is 26.0 Å². The summed E-state index contributed by atoms with van der Waals surface area (Å²) in [6, 6.07) is 1.07. The van der Waals surface area contributed by atoms with Crippen molar-refractivity contribution in [2.75, 3.05) is 18.8 Å². The minimum Gasteiger partial charge on any atom is -0.402 e. The largest absolute Gasteiger partial charge is 0.402 e. The summed E-state index contributed by atoms with van der Waals surface area (Å²) >= 11 is 0. The van der Waals surface area contributed by atoms with Crippen molar-refractivity contribution >= 4 is 23.7 Å². The molecule has 7 heteroatoms. The smallest absolute Gasteiger partial charge is 0.268 e. The molecule has 2 heterocycles. The minimum atomic E-state index is -0.569. The van der Waals surface area contributed by atoms with Gasteiger partial charge in [0, 0.05) is 24.4 Å². The van der Waals surface area contributed by atoms with Gasteiger partial charge in [0.1, 0.15) is 17.6 Å². The molecule has 6 N–H and O–H groups in total. The van der Waals surface area contributed by atoms with Crippen LogP contribution in [-0.4, -0.2) is 40.8 Å². The van der Waals surface area contributed by atoms with E-state index in [4.69, 9.17) is 11.5 Å². The van der Waals surface area contributed by atoms with Crippen molar-refractivity contribution in [3.8, 4) is 0 Å². The molecule has 1 aromatic heterocycles. The first-order chi connectivity index (χ1) is 11.8. The maximum absolute atomic E-state index is 12.6. The number of likely N-dealkylation sites (tertiary alicyclic amines) is 1. The van der Waals surface area contributed by atoms with E-state index >= 15 is 0 Å². The Morgan fingerprint density at radius 1 is 1.32 bits per heavy atom. The fraction of sp³-hybridized carbons (Fsp3) is 0.556. The normalized spacial score (nSPS) is 20.4. The van der Waals surface area contributed by atoms with Crippen molar-refractivity contribution in [1.82, 2.24) is 15.2 Å². The van der Waals surface area contributed by atoms with Crippen molar-refractivity contribution in [3.05, 3.63) is 23.0 Å². The average molecular weight is 345 g/mol. The quantitative estimate of drug-likeness (QED) is 0.660. The Hall–Kier alpha value is -2.44. The van der Waals surface area contributed by atoms with Gasteiger partial charge in [0.25, 0.3) is 5.91 Å². The molecule has 1 aliphatic carbocycles. The van der Waals surface area contributed by atoms with Crippen LogP contribution < -0.4 is 16.8 Å². The molecular weight excluding hydrogens is 318 g/mol. The number of nitrogens with one attached hydrogen (secondary N) is 2. The molecular formula is C18H27N5O2. The number of nitrogen functional groups attached to an aromatic ring is 1. The highest BCUT2D eigenvalue weighted by Crippen LogP contribution is 2.53. The molecule has 2 aliphatic rings. The number of carbonyl (C=O) groups is 2. The Labute approximate surface area is 147 Å². The van der Waals surface area contributed by atoms with Gasteiger partial charge in [-0.05, 0) is 57.1 Å². The fourth-order valence-electron chi connectivity index (χ4n) is 3.46. The molecule has 7 nitrogen and oxygen atoms in total. The number of piperidine rings is 1. The molecule has 0 radical (unpaired) electrons. The maximum atomic E-state index is 12.6. The van der Waals surface area contributed by atoms with Crippen LogP contribution in [0.4, 0.5) is 5.82 Å². The van der Waals surface area contributed by atoms with Crippen LogP contribution in [0.2, 0.25) is 0 Å². The fourth-order valence-corrected chi connectivity index (χ4v) is 3.46. The summed E-state index contributed by atoms with van der Waals surface area (Å²) in [5, 5.41) is 2.75. The Bertz CT molecular complexity index is 703. The molecule has 2 fully saturated rings. The Kier molecular flexibility index (Phi) is 4.49. The second-order valence-electron chi connectivity index (χ2n) is 7.46. The Balaban J connectivity index is 1.58. The number of carbonyl (C=O) groups excluding carboxylic acids is 2. The van der Waals surface area contributed by atoms with Crippen LogP contribution in [0.1, 0.15) is 55.6 Å². The van der Waals surface area contributed by atoms with Gasteiger partial charge in [-0.1, -0.05) is 0 Å². The highest BCUT2D eigenvalue weighted by Gasteiger charge is 2.45. The van der Waals surface area contributed by atoms with Crippen molar-refractivity contribution in [3.63, 3.8) is 0 Å². The first kappa shape index (κ1) is 17.4. The van der Waals surface area contributed by atoms with Crippen LogP contribution in [0.15, 0.2) is 11.8 Å². The van der Waals surface area contributed by atoms with Crippen LogP contribution in [0.3, 0.4) is 0 Å². The molecule has 3 rings (SSSR count). The minimum absolute atomic E-state index is 0.0266. The van der Waals surface area contributed by atoms with Gasteiger partial charge in [-0.25, -0.2) is 0 Å². The highest BCUT2D eigenvalue weighted by atomic mass is 16.2. The summed E-state index contributed by atoms with van der Waals surface area (Å²) < 4.78 is 0. The third-order valence-electron chi connectivity index (χ3n) is 5.32. The Morgan fingerprint density at radius 2 is 1.96 bits per heavy atom. The predicted octanol–water partition coefficient (Wildman–Crippen LogP) is 1.44. The summed E-state index contributed by atoms with van der Waals surface area (Å²) in [5.41, 5.74) is 13.6. The topological polar surface area (TPSA) is 117 Å².